The summed E-state index contributed by atoms with van der Waals surface area (Å²) in [7, 11) is 0. The lowest BCUT2D eigenvalue weighted by molar-refractivity contribution is -0.149. The molecule has 0 fully saturated rings. The van der Waals surface area contributed by atoms with Crippen molar-refractivity contribution in [1.82, 2.24) is 0 Å². The second kappa shape index (κ2) is 9.26. The van der Waals surface area contributed by atoms with E-state index in [-0.39, 0.29) is 11.6 Å². The van der Waals surface area contributed by atoms with E-state index in [2.05, 4.69) is 5.32 Å². The highest BCUT2D eigenvalue weighted by Crippen LogP contribution is 2.30. The fraction of sp³-hybridized carbons (Fsp3) is 0.263. The number of esters is 1. The molecule has 7 heteroatoms. The molecule has 1 N–H and O–H groups in total. The molecule has 0 heterocycles. The van der Waals surface area contributed by atoms with Crippen molar-refractivity contribution < 1.29 is 14.3 Å². The summed E-state index contributed by atoms with van der Waals surface area (Å²) in [6.07, 6.45) is 0. The molecule has 2 rings (SSSR count). The third-order valence-corrected chi connectivity index (χ3v) is 4.60. The molecule has 0 aliphatic heterocycles. The Morgan fingerprint density at radius 3 is 2.12 bits per heavy atom. The summed E-state index contributed by atoms with van der Waals surface area (Å²) in [5, 5.41) is 3.74. The van der Waals surface area contributed by atoms with Crippen LogP contribution in [0.4, 0.5) is 5.69 Å². The van der Waals surface area contributed by atoms with Crippen LogP contribution >= 0.6 is 34.8 Å². The first kappa shape index (κ1) is 20.6. The van der Waals surface area contributed by atoms with Crippen molar-refractivity contribution in [2.75, 3.05) is 11.9 Å². The van der Waals surface area contributed by atoms with Crippen LogP contribution in [0.2, 0.25) is 15.1 Å². The van der Waals surface area contributed by atoms with E-state index in [0.29, 0.717) is 15.1 Å². The van der Waals surface area contributed by atoms with Crippen LogP contribution in [0.3, 0.4) is 0 Å². The van der Waals surface area contributed by atoms with Gasteiger partial charge in [-0.15, -0.1) is 0 Å². The van der Waals surface area contributed by atoms with Gasteiger partial charge in [-0.05, 0) is 35.7 Å². The molecule has 1 atom stereocenters. The van der Waals surface area contributed by atoms with Crippen LogP contribution in [-0.4, -0.2) is 18.5 Å². The Labute approximate surface area is 167 Å². The number of halogens is 3. The number of carbonyl (C=O) groups is 2. The van der Waals surface area contributed by atoms with E-state index in [0.717, 1.165) is 5.56 Å². The molecule has 0 saturated carbocycles. The van der Waals surface area contributed by atoms with Crippen LogP contribution in [0.5, 0.6) is 0 Å². The minimum Gasteiger partial charge on any atom is -0.455 e. The normalized spacial score (nSPS) is 11.9. The number of para-hydroxylation sites is 1. The quantitative estimate of drug-likeness (QED) is 0.629. The van der Waals surface area contributed by atoms with E-state index in [1.807, 2.05) is 13.8 Å². The molecule has 26 heavy (non-hydrogen) atoms. The molecular weight excluding hydrogens is 397 g/mol. The summed E-state index contributed by atoms with van der Waals surface area (Å²) < 4.78 is 5.19. The molecule has 0 radical (unpaired) electrons. The lowest BCUT2D eigenvalue weighted by Gasteiger charge is -2.20. The van der Waals surface area contributed by atoms with Gasteiger partial charge in [-0.25, -0.2) is 0 Å². The second-order valence-corrected chi connectivity index (χ2v) is 7.28. The van der Waals surface area contributed by atoms with Crippen molar-refractivity contribution in [2.24, 2.45) is 5.92 Å². The van der Waals surface area contributed by atoms with Crippen LogP contribution < -0.4 is 5.32 Å². The summed E-state index contributed by atoms with van der Waals surface area (Å²) in [6, 6.07) is 11.8. The lowest BCUT2D eigenvalue weighted by Crippen LogP contribution is -2.26. The first-order valence-electron chi connectivity index (χ1n) is 7.95. The molecule has 0 unspecified atom stereocenters. The second-order valence-electron chi connectivity index (χ2n) is 6.03. The van der Waals surface area contributed by atoms with Gasteiger partial charge in [0.25, 0.3) is 5.91 Å². The van der Waals surface area contributed by atoms with Crippen LogP contribution in [-0.2, 0) is 14.3 Å². The summed E-state index contributed by atoms with van der Waals surface area (Å²) in [4.78, 5) is 24.5. The summed E-state index contributed by atoms with van der Waals surface area (Å²) >= 11 is 17.9. The monoisotopic (exact) mass is 413 g/mol. The first-order valence-corrected chi connectivity index (χ1v) is 9.09. The summed E-state index contributed by atoms with van der Waals surface area (Å²) in [6.45, 7) is 3.38. The zero-order valence-corrected chi connectivity index (χ0v) is 16.5. The SMILES string of the molecule is CC(C)[C@H](C(=O)OCC(=O)Nc1c(Cl)cccc1Cl)c1ccc(Cl)cc1. The molecule has 4 nitrogen and oxygen atoms in total. The molecule has 1 amide bonds. The van der Waals surface area contributed by atoms with Gasteiger partial charge in [-0.2, -0.15) is 0 Å². The molecule has 0 spiro atoms. The Balaban J connectivity index is 2.01. The minimum atomic E-state index is -0.521. The standard InChI is InChI=1S/C19H18Cl3NO3/c1-11(2)17(12-6-8-13(20)9-7-12)19(25)26-10-16(24)23-18-14(21)4-3-5-15(18)22/h3-9,11,17H,10H2,1-2H3,(H,23,24)/t17-/m0/s1. The topological polar surface area (TPSA) is 55.4 Å². The number of benzene rings is 2. The Bertz CT molecular complexity index is 771. The van der Waals surface area contributed by atoms with Gasteiger partial charge in [0.2, 0.25) is 0 Å². The van der Waals surface area contributed by atoms with Gasteiger partial charge < -0.3 is 10.1 Å². The van der Waals surface area contributed by atoms with E-state index in [9.17, 15) is 9.59 Å². The van der Waals surface area contributed by atoms with Crippen molar-refractivity contribution >= 4 is 52.4 Å². The van der Waals surface area contributed by atoms with E-state index in [1.54, 1.807) is 42.5 Å². The average Bonchev–Trinajstić information content (AvgIpc) is 2.58. The predicted octanol–water partition coefficient (Wildman–Crippen LogP) is 5.57. The number of carbonyl (C=O) groups excluding carboxylic acids is 2. The number of nitrogens with one attached hydrogen (secondary N) is 1. The molecule has 0 saturated heterocycles. The first-order chi connectivity index (χ1) is 12.3. The number of amides is 1. The fourth-order valence-electron chi connectivity index (χ4n) is 2.48. The van der Waals surface area contributed by atoms with Crippen LogP contribution in [0.1, 0.15) is 25.3 Å². The maximum absolute atomic E-state index is 12.5. The van der Waals surface area contributed by atoms with Crippen molar-refractivity contribution in [1.29, 1.82) is 0 Å². The number of anilines is 1. The molecule has 2 aromatic carbocycles. The summed E-state index contributed by atoms with van der Waals surface area (Å²) in [5.74, 6) is -1.51. The Morgan fingerprint density at radius 2 is 1.58 bits per heavy atom. The molecular formula is C19H18Cl3NO3. The van der Waals surface area contributed by atoms with Gasteiger partial charge >= 0.3 is 5.97 Å². The zero-order valence-electron chi connectivity index (χ0n) is 14.3. The van der Waals surface area contributed by atoms with Crippen molar-refractivity contribution in [3.8, 4) is 0 Å². The van der Waals surface area contributed by atoms with Gasteiger partial charge in [0.05, 0.1) is 21.7 Å². The van der Waals surface area contributed by atoms with Crippen LogP contribution in [0.15, 0.2) is 42.5 Å². The maximum atomic E-state index is 12.5. The largest absolute Gasteiger partial charge is 0.455 e. The molecule has 0 aliphatic rings. The zero-order chi connectivity index (χ0) is 19.3. The molecule has 138 valence electrons. The molecule has 0 aliphatic carbocycles. The van der Waals surface area contributed by atoms with E-state index in [1.165, 1.54) is 0 Å². The third kappa shape index (κ3) is 5.37. The predicted molar refractivity (Wildman–Crippen MR) is 105 cm³/mol. The highest BCUT2D eigenvalue weighted by Gasteiger charge is 2.26. The van der Waals surface area contributed by atoms with E-state index in [4.69, 9.17) is 39.5 Å². The summed E-state index contributed by atoms with van der Waals surface area (Å²) in [5.41, 5.74) is 1.07. The van der Waals surface area contributed by atoms with Crippen LogP contribution in [0.25, 0.3) is 0 Å². The average molecular weight is 415 g/mol. The van der Waals surface area contributed by atoms with Gasteiger partial charge in [0.1, 0.15) is 0 Å². The van der Waals surface area contributed by atoms with Gasteiger partial charge in [-0.3, -0.25) is 9.59 Å². The highest BCUT2D eigenvalue weighted by atomic mass is 35.5. The fourth-order valence-corrected chi connectivity index (χ4v) is 3.10. The smallest absolute Gasteiger partial charge is 0.314 e. The number of ether oxygens (including phenoxy) is 1. The van der Waals surface area contributed by atoms with Gasteiger partial charge in [0, 0.05) is 5.02 Å². The lowest BCUT2D eigenvalue weighted by atomic mass is 9.88. The Kier molecular flexibility index (Phi) is 7.33. The van der Waals surface area contributed by atoms with Crippen LogP contribution in [0, 0.1) is 5.92 Å². The maximum Gasteiger partial charge on any atom is 0.314 e. The Hall–Kier alpha value is -1.75. The molecule has 0 bridgehead atoms. The van der Waals surface area contributed by atoms with Crippen molar-refractivity contribution in [2.45, 2.75) is 19.8 Å². The minimum absolute atomic E-state index is 0.00949. The highest BCUT2D eigenvalue weighted by molar-refractivity contribution is 6.39. The van der Waals surface area contributed by atoms with Gasteiger partial charge in [-0.1, -0.05) is 66.8 Å². The van der Waals surface area contributed by atoms with Gasteiger partial charge in [0.15, 0.2) is 6.61 Å². The van der Waals surface area contributed by atoms with Crippen molar-refractivity contribution in [3.05, 3.63) is 63.1 Å². The number of rotatable bonds is 6. The van der Waals surface area contributed by atoms with E-state index >= 15 is 0 Å². The van der Waals surface area contributed by atoms with E-state index < -0.39 is 24.4 Å². The number of hydrogen-bond acceptors (Lipinski definition) is 3. The Morgan fingerprint density at radius 1 is 1.00 bits per heavy atom. The molecule has 0 aromatic heterocycles. The number of hydrogen-bond donors (Lipinski definition) is 1. The molecule has 2 aromatic rings. The third-order valence-electron chi connectivity index (χ3n) is 3.72. The van der Waals surface area contributed by atoms with Crippen molar-refractivity contribution in [3.63, 3.8) is 0 Å².